The van der Waals surface area contributed by atoms with Crippen molar-refractivity contribution >= 4 is 19.9 Å². The number of fused-ring (bicyclic) bond motifs is 1. The van der Waals surface area contributed by atoms with Gasteiger partial charge < -0.3 is 24.8 Å². The van der Waals surface area contributed by atoms with Crippen molar-refractivity contribution in [1.29, 1.82) is 0 Å². The fraction of sp³-hybridized carbons (Fsp3) is 0.214. The van der Waals surface area contributed by atoms with Crippen molar-refractivity contribution < 1.29 is 47.2 Å². The van der Waals surface area contributed by atoms with Crippen LogP contribution in [0.3, 0.4) is 0 Å². The second-order valence-corrected chi connectivity index (χ2v) is 18.3. The summed E-state index contributed by atoms with van der Waals surface area (Å²) in [6.45, 7) is 4.88. The first kappa shape index (κ1) is 19.6. The third-order valence-electron chi connectivity index (χ3n) is 2.48. The predicted molar refractivity (Wildman–Crippen MR) is 77.6 cm³/mol. The Balaban J connectivity index is 0.000000309. The van der Waals surface area contributed by atoms with Crippen molar-refractivity contribution in [3.8, 4) is 0 Å². The number of rotatable bonds is 2. The Morgan fingerprint density at radius 2 is 1.89 bits per heavy atom. The summed E-state index contributed by atoms with van der Waals surface area (Å²) in [5.41, 5.74) is 1.40. The molecule has 0 amide bonds. The Bertz CT molecular complexity index is 448. The summed E-state index contributed by atoms with van der Waals surface area (Å²) in [5, 5.41) is 1.45. The molecule has 0 bridgehead atoms. The summed E-state index contributed by atoms with van der Waals surface area (Å²) in [5.74, 6) is 2.32. The van der Waals surface area contributed by atoms with Gasteiger partial charge in [-0.05, 0) is 23.5 Å². The van der Waals surface area contributed by atoms with Crippen molar-refractivity contribution in [1.82, 2.24) is 0 Å². The smallest absolute Gasteiger partial charge is 1.00 e. The molecule has 0 nitrogen and oxygen atoms in total. The summed E-state index contributed by atoms with van der Waals surface area (Å²) < 4.78 is 1.80. The molecule has 0 atom stereocenters. The van der Waals surface area contributed by atoms with Crippen LogP contribution in [0.15, 0.2) is 56.7 Å². The van der Waals surface area contributed by atoms with Crippen LogP contribution in [0.5, 0.6) is 0 Å². The molecule has 0 saturated carbocycles. The molecule has 3 aliphatic rings. The van der Waals surface area contributed by atoms with E-state index in [4.69, 9.17) is 0 Å². The summed E-state index contributed by atoms with van der Waals surface area (Å²) in [6.07, 6.45) is 16.7. The van der Waals surface area contributed by atoms with Crippen molar-refractivity contribution in [3.05, 3.63) is 56.7 Å². The largest absolute Gasteiger partial charge is 1.00 e. The first-order valence-electron chi connectivity index (χ1n) is 5.81. The molecule has 0 aromatic rings. The molecule has 1 aliphatic heterocycles. The van der Waals surface area contributed by atoms with Crippen LogP contribution < -0.4 is 24.8 Å². The van der Waals surface area contributed by atoms with Gasteiger partial charge in [-0.1, -0.05) is 20.4 Å². The summed E-state index contributed by atoms with van der Waals surface area (Å²) in [4.78, 5) is 0. The summed E-state index contributed by atoms with van der Waals surface area (Å²) in [7, 11) is 1.36. The summed E-state index contributed by atoms with van der Waals surface area (Å²) in [6, 6.07) is 0. The number of hydrogen-bond acceptors (Lipinski definition) is 0. The van der Waals surface area contributed by atoms with E-state index in [1.54, 1.807) is 3.28 Å². The zero-order valence-corrected chi connectivity index (χ0v) is 16.9. The number of hydrogen-bond donors (Lipinski definition) is 0. The van der Waals surface area contributed by atoms with Crippen LogP contribution in [0.1, 0.15) is 6.42 Å². The molecule has 3 rings (SSSR count). The molecular weight excluding hydrogens is 389 g/mol. The van der Waals surface area contributed by atoms with Crippen LogP contribution in [0.4, 0.5) is 0 Å². The molecular formula is C14H16Cl2PSiZr. The van der Waals surface area contributed by atoms with Gasteiger partial charge in [0.1, 0.15) is 0 Å². The molecule has 0 saturated heterocycles. The number of allylic oxidation sites excluding steroid dienone is 10. The standard InChI is InChI=1S/C7H5P.C5H5.C2H6Si.2ClH.Zr/c1-2-6-4-5-8-7(6)3-1;1-2-4-5-3-1;1-3-2;;;/h1-5H;1-3H,4H2;1-2H3;2*1H;/q;;;;;+2/p-2. The first-order valence-corrected chi connectivity index (χ1v) is 14.2. The summed E-state index contributed by atoms with van der Waals surface area (Å²) >= 11 is -0.0345. The Labute approximate surface area is 142 Å². The Morgan fingerprint density at radius 3 is 2.47 bits per heavy atom. The maximum Gasteiger partial charge on any atom is -1.00 e. The Morgan fingerprint density at radius 1 is 1.11 bits per heavy atom. The van der Waals surface area contributed by atoms with Crippen molar-refractivity contribution in [2.75, 3.05) is 0 Å². The van der Waals surface area contributed by atoms with E-state index < -0.39 is 0 Å². The quantitative estimate of drug-likeness (QED) is 0.380. The average Bonchev–Trinajstić information content (AvgIpc) is 2.91. The zero-order chi connectivity index (χ0) is 12.1. The predicted octanol–water partition coefficient (Wildman–Crippen LogP) is -1.70. The van der Waals surface area contributed by atoms with Gasteiger partial charge in [-0.3, -0.25) is 0 Å². The minimum atomic E-state index is -0.0345. The van der Waals surface area contributed by atoms with Crippen LogP contribution in [-0.4, -0.2) is 11.7 Å². The molecule has 0 spiro atoms. The average molecular weight is 405 g/mol. The van der Waals surface area contributed by atoms with E-state index in [2.05, 4.69) is 61.4 Å². The molecule has 5 heteroatoms. The maximum atomic E-state index is 2.44. The molecule has 2 aliphatic carbocycles. The molecule has 0 aromatic carbocycles. The van der Waals surface area contributed by atoms with Gasteiger partial charge >= 0.3 is 69.3 Å². The van der Waals surface area contributed by atoms with Crippen molar-refractivity contribution in [3.63, 3.8) is 0 Å². The fourth-order valence-corrected chi connectivity index (χ4v) is 10.1. The SMILES string of the molecule is C1=CC2=CC=PC2=C1.C[Si](C)[Zr+2][C]1=CC=CC1.[Cl-].[Cl-]. The monoisotopic (exact) mass is 403 g/mol. The molecule has 1 radical (unpaired) electrons. The van der Waals surface area contributed by atoms with Crippen LogP contribution in [0.2, 0.25) is 13.1 Å². The Kier molecular flexibility index (Phi) is 10.6. The first-order chi connectivity index (χ1) is 8.25. The minimum Gasteiger partial charge on any atom is -1.00 e. The van der Waals surface area contributed by atoms with E-state index in [1.165, 1.54) is 25.5 Å². The Hall–Kier alpha value is 0.550. The van der Waals surface area contributed by atoms with E-state index in [0.717, 1.165) is 0 Å². The fourth-order valence-electron chi connectivity index (χ4n) is 1.74. The van der Waals surface area contributed by atoms with Gasteiger partial charge in [0, 0.05) is 5.31 Å². The van der Waals surface area contributed by atoms with E-state index in [9.17, 15) is 0 Å². The van der Waals surface area contributed by atoms with Gasteiger partial charge in [0.25, 0.3) is 0 Å². The topological polar surface area (TPSA) is 0 Å². The maximum absolute atomic E-state index is 2.44. The van der Waals surface area contributed by atoms with E-state index in [0.29, 0.717) is 0 Å². The van der Waals surface area contributed by atoms with Gasteiger partial charge in [0.15, 0.2) is 0 Å². The van der Waals surface area contributed by atoms with E-state index >= 15 is 0 Å². The van der Waals surface area contributed by atoms with Gasteiger partial charge in [0.05, 0.1) is 0 Å². The van der Waals surface area contributed by atoms with Crippen LogP contribution >= 0.6 is 8.20 Å². The third kappa shape index (κ3) is 6.69. The van der Waals surface area contributed by atoms with Crippen LogP contribution in [0.25, 0.3) is 0 Å². The third-order valence-corrected chi connectivity index (χ3v) is 11.2. The van der Waals surface area contributed by atoms with Gasteiger partial charge in [-0.15, -0.1) is 0 Å². The normalized spacial score (nSPS) is 17.3. The van der Waals surface area contributed by atoms with Gasteiger partial charge in [-0.25, -0.2) is 0 Å². The van der Waals surface area contributed by atoms with Crippen LogP contribution in [0, 0.1) is 0 Å². The second kappa shape index (κ2) is 10.3. The molecule has 0 fully saturated rings. The molecule has 19 heavy (non-hydrogen) atoms. The van der Waals surface area contributed by atoms with Crippen molar-refractivity contribution in [2.45, 2.75) is 19.5 Å². The minimum absolute atomic E-state index is 0. The van der Waals surface area contributed by atoms with E-state index in [1.807, 2.05) is 0 Å². The molecule has 1 heterocycles. The number of halogens is 2. The molecule has 0 aromatic heterocycles. The van der Waals surface area contributed by atoms with Gasteiger partial charge in [-0.2, -0.15) is 0 Å². The van der Waals surface area contributed by atoms with Gasteiger partial charge in [0.2, 0.25) is 0 Å². The van der Waals surface area contributed by atoms with Crippen LogP contribution in [-0.2, 0) is 22.4 Å². The van der Waals surface area contributed by atoms with E-state index in [-0.39, 0.29) is 53.1 Å². The molecule has 0 N–H and O–H groups in total. The molecule has 0 unspecified atom stereocenters. The van der Waals surface area contributed by atoms with Crippen molar-refractivity contribution in [2.24, 2.45) is 0 Å². The zero-order valence-electron chi connectivity index (χ0n) is 11.0. The second-order valence-electron chi connectivity index (χ2n) is 4.26. The molecule has 99 valence electrons.